The van der Waals surface area contributed by atoms with Gasteiger partial charge < -0.3 is 19.9 Å². The van der Waals surface area contributed by atoms with Crippen molar-refractivity contribution < 1.29 is 4.39 Å². The molecule has 1 fully saturated rings. The molecule has 3 heterocycles. The number of nitrogens with zero attached hydrogens (tertiary/aromatic N) is 5. The van der Waals surface area contributed by atoms with Gasteiger partial charge in [-0.3, -0.25) is 0 Å². The Kier molecular flexibility index (Phi) is 4.85. The van der Waals surface area contributed by atoms with Gasteiger partial charge in [-0.15, -0.1) is 0 Å². The fourth-order valence-corrected chi connectivity index (χ4v) is 3.41. The van der Waals surface area contributed by atoms with Crippen molar-refractivity contribution >= 4 is 28.9 Å². The maximum absolute atomic E-state index is 13.9. The fraction of sp³-hybridized carbons (Fsp3) is 0.263. The van der Waals surface area contributed by atoms with Gasteiger partial charge in [-0.25, -0.2) is 14.4 Å². The van der Waals surface area contributed by atoms with Gasteiger partial charge in [-0.2, -0.15) is 0 Å². The monoisotopic (exact) mass is 386 g/mol. The summed E-state index contributed by atoms with van der Waals surface area (Å²) in [5.41, 5.74) is 8.44. The maximum atomic E-state index is 13.9. The molecule has 0 saturated carbocycles. The quantitative estimate of drug-likeness (QED) is 0.555. The second-order valence-electron chi connectivity index (χ2n) is 6.44. The Hall–Kier alpha value is -2.80. The Morgan fingerprint density at radius 1 is 1.11 bits per heavy atom. The molecule has 0 amide bonds. The highest BCUT2D eigenvalue weighted by molar-refractivity contribution is 6.30. The number of para-hydroxylation sites is 1. The summed E-state index contributed by atoms with van der Waals surface area (Å²) in [4.78, 5) is 13.0. The van der Waals surface area contributed by atoms with Crippen LogP contribution in [-0.2, 0) is 6.54 Å². The number of rotatable bonds is 3. The van der Waals surface area contributed by atoms with Crippen molar-refractivity contribution in [2.45, 2.75) is 6.54 Å². The van der Waals surface area contributed by atoms with E-state index in [2.05, 4.69) is 9.98 Å². The van der Waals surface area contributed by atoms with Crippen LogP contribution in [0.25, 0.3) is 5.65 Å². The number of anilines is 1. The molecule has 0 bridgehead atoms. The van der Waals surface area contributed by atoms with Gasteiger partial charge in [0, 0.05) is 38.6 Å². The summed E-state index contributed by atoms with van der Waals surface area (Å²) in [5.74, 6) is 0.290. The van der Waals surface area contributed by atoms with Crippen LogP contribution in [0.15, 0.2) is 53.8 Å². The van der Waals surface area contributed by atoms with E-state index in [1.807, 2.05) is 38.7 Å². The summed E-state index contributed by atoms with van der Waals surface area (Å²) in [6.45, 7) is 3.20. The molecule has 3 aromatic rings. The van der Waals surface area contributed by atoms with Gasteiger partial charge in [-0.1, -0.05) is 23.7 Å². The molecule has 140 valence electrons. The van der Waals surface area contributed by atoms with Gasteiger partial charge >= 0.3 is 0 Å². The van der Waals surface area contributed by atoms with Crippen LogP contribution in [0.4, 0.5) is 10.1 Å². The number of imidazole rings is 1. The standard InChI is InChI=1S/C19H20ClFN6/c20-14-5-6-18-24-15(13-27(18)12-14)11-23-19(22)26-9-7-25(8-10-26)17-4-2-1-3-16(17)21/h1-6,12-13H,7-11H2,(H2,22,23). The summed E-state index contributed by atoms with van der Waals surface area (Å²) in [7, 11) is 0. The van der Waals surface area contributed by atoms with Crippen molar-refractivity contribution in [3.63, 3.8) is 0 Å². The number of benzene rings is 1. The molecule has 2 aromatic heterocycles. The molecule has 0 spiro atoms. The number of aromatic nitrogens is 2. The van der Waals surface area contributed by atoms with Crippen LogP contribution in [0.1, 0.15) is 5.69 Å². The number of nitrogens with two attached hydrogens (primary N) is 1. The lowest BCUT2D eigenvalue weighted by molar-refractivity contribution is 0.378. The lowest BCUT2D eigenvalue weighted by Crippen LogP contribution is -2.51. The van der Waals surface area contributed by atoms with E-state index in [1.165, 1.54) is 6.07 Å². The van der Waals surface area contributed by atoms with Gasteiger partial charge in [0.05, 0.1) is 22.9 Å². The van der Waals surface area contributed by atoms with Crippen LogP contribution >= 0.6 is 11.6 Å². The summed E-state index contributed by atoms with van der Waals surface area (Å²) < 4.78 is 15.8. The lowest BCUT2D eigenvalue weighted by Gasteiger charge is -2.36. The molecule has 0 atom stereocenters. The number of fused-ring (bicyclic) bond motifs is 1. The van der Waals surface area contributed by atoms with Crippen molar-refractivity contribution in [2.24, 2.45) is 10.7 Å². The average Bonchev–Trinajstić information content (AvgIpc) is 3.08. The normalized spacial score (nSPS) is 15.6. The first kappa shape index (κ1) is 17.6. The smallest absolute Gasteiger partial charge is 0.191 e. The van der Waals surface area contributed by atoms with Gasteiger partial charge in [0.2, 0.25) is 0 Å². The molecule has 0 aliphatic carbocycles. The molecule has 27 heavy (non-hydrogen) atoms. The zero-order chi connectivity index (χ0) is 18.8. The van der Waals surface area contributed by atoms with Crippen LogP contribution in [0, 0.1) is 5.82 Å². The topological polar surface area (TPSA) is 62.2 Å². The van der Waals surface area contributed by atoms with E-state index < -0.39 is 0 Å². The maximum Gasteiger partial charge on any atom is 0.191 e. The number of piperazine rings is 1. The zero-order valence-corrected chi connectivity index (χ0v) is 15.5. The van der Waals surface area contributed by atoms with Crippen molar-refractivity contribution in [1.29, 1.82) is 0 Å². The molecule has 6 nitrogen and oxygen atoms in total. The zero-order valence-electron chi connectivity index (χ0n) is 14.7. The third kappa shape index (κ3) is 3.83. The second kappa shape index (κ2) is 7.44. The molecule has 1 aliphatic heterocycles. The molecule has 4 rings (SSSR count). The third-order valence-corrected chi connectivity index (χ3v) is 4.89. The highest BCUT2D eigenvalue weighted by atomic mass is 35.5. The van der Waals surface area contributed by atoms with E-state index in [0.717, 1.165) is 11.3 Å². The van der Waals surface area contributed by atoms with Gasteiger partial charge in [0.15, 0.2) is 5.96 Å². The van der Waals surface area contributed by atoms with Crippen LogP contribution in [0.5, 0.6) is 0 Å². The molecule has 1 aromatic carbocycles. The summed E-state index contributed by atoms with van der Waals surface area (Å²) in [5, 5.41) is 0.655. The molecule has 2 N–H and O–H groups in total. The van der Waals surface area contributed by atoms with Crippen molar-refractivity contribution in [1.82, 2.24) is 14.3 Å². The molecule has 8 heteroatoms. The van der Waals surface area contributed by atoms with Gasteiger partial charge in [-0.05, 0) is 24.3 Å². The van der Waals surface area contributed by atoms with E-state index in [4.69, 9.17) is 17.3 Å². The molecule has 0 unspecified atom stereocenters. The Morgan fingerprint density at radius 2 is 1.89 bits per heavy atom. The Morgan fingerprint density at radius 3 is 2.67 bits per heavy atom. The number of hydrogen-bond acceptors (Lipinski definition) is 3. The number of pyridine rings is 1. The average molecular weight is 387 g/mol. The van der Waals surface area contributed by atoms with Crippen LogP contribution in [0.2, 0.25) is 5.02 Å². The van der Waals surface area contributed by atoms with E-state index in [0.29, 0.717) is 49.4 Å². The molecular formula is C19H20ClFN6. The van der Waals surface area contributed by atoms with Crippen molar-refractivity contribution in [3.8, 4) is 0 Å². The SMILES string of the molecule is NC(=NCc1cn2cc(Cl)ccc2n1)N1CCN(c2ccccc2F)CC1. The Labute approximate surface area is 161 Å². The van der Waals surface area contributed by atoms with Gasteiger partial charge in [0.25, 0.3) is 0 Å². The lowest BCUT2D eigenvalue weighted by atomic mass is 10.2. The van der Waals surface area contributed by atoms with E-state index in [9.17, 15) is 4.39 Å². The Bertz CT molecular complexity index is 977. The largest absolute Gasteiger partial charge is 0.370 e. The molecule has 0 radical (unpaired) electrons. The van der Waals surface area contributed by atoms with Gasteiger partial charge in [0.1, 0.15) is 11.5 Å². The predicted molar refractivity (Wildman–Crippen MR) is 106 cm³/mol. The number of halogens is 2. The van der Waals surface area contributed by atoms with Crippen molar-refractivity contribution in [2.75, 3.05) is 31.1 Å². The third-order valence-electron chi connectivity index (χ3n) is 4.66. The minimum absolute atomic E-state index is 0.195. The van der Waals surface area contributed by atoms with Crippen LogP contribution < -0.4 is 10.6 Å². The Balaban J connectivity index is 1.38. The summed E-state index contributed by atoms with van der Waals surface area (Å²) in [6, 6.07) is 10.5. The van der Waals surface area contributed by atoms with Crippen molar-refractivity contribution in [3.05, 3.63) is 65.3 Å². The number of aliphatic imine (C=N–C) groups is 1. The van der Waals surface area contributed by atoms with Crippen LogP contribution in [0.3, 0.4) is 0 Å². The highest BCUT2D eigenvalue weighted by Crippen LogP contribution is 2.20. The van der Waals surface area contributed by atoms with Crippen LogP contribution in [-0.4, -0.2) is 46.4 Å². The number of hydrogen-bond donors (Lipinski definition) is 1. The molecule has 1 saturated heterocycles. The predicted octanol–water partition coefficient (Wildman–Crippen LogP) is 2.76. The van der Waals surface area contributed by atoms with E-state index >= 15 is 0 Å². The minimum Gasteiger partial charge on any atom is -0.370 e. The van der Waals surface area contributed by atoms with E-state index in [-0.39, 0.29) is 5.82 Å². The molecule has 1 aliphatic rings. The second-order valence-corrected chi connectivity index (χ2v) is 6.88. The fourth-order valence-electron chi connectivity index (χ4n) is 3.24. The first-order valence-electron chi connectivity index (χ1n) is 8.77. The molecular weight excluding hydrogens is 367 g/mol. The van der Waals surface area contributed by atoms with E-state index in [1.54, 1.807) is 18.2 Å². The number of guanidine groups is 1. The highest BCUT2D eigenvalue weighted by Gasteiger charge is 2.20. The summed E-state index contributed by atoms with van der Waals surface area (Å²) >= 11 is 5.99. The first-order chi connectivity index (χ1) is 13.1. The minimum atomic E-state index is -0.195. The first-order valence-corrected chi connectivity index (χ1v) is 9.15. The summed E-state index contributed by atoms with van der Waals surface area (Å²) in [6.07, 6.45) is 3.70.